The van der Waals surface area contributed by atoms with E-state index in [4.69, 9.17) is 4.74 Å². The van der Waals surface area contributed by atoms with E-state index >= 15 is 0 Å². The van der Waals surface area contributed by atoms with Crippen LogP contribution in [-0.4, -0.2) is 81.7 Å². The Kier molecular flexibility index (Phi) is 8.00. The van der Waals surface area contributed by atoms with Crippen LogP contribution in [0.15, 0.2) is 29.2 Å². The van der Waals surface area contributed by atoms with Crippen LogP contribution in [0.3, 0.4) is 0 Å². The Balaban J connectivity index is 2.00. The maximum absolute atomic E-state index is 12.5. The van der Waals surface area contributed by atoms with Crippen LogP contribution in [0.5, 0.6) is 0 Å². The van der Waals surface area contributed by atoms with Gasteiger partial charge in [0.15, 0.2) is 16.4 Å². The second kappa shape index (κ2) is 9.88. The summed E-state index contributed by atoms with van der Waals surface area (Å²) < 4.78 is 54.6. The molecule has 168 valence electrons. The molecule has 0 spiro atoms. The monoisotopic (exact) mass is 460 g/mol. The summed E-state index contributed by atoms with van der Waals surface area (Å²) >= 11 is 0. The number of sulfonamides is 1. The van der Waals surface area contributed by atoms with Gasteiger partial charge in [-0.2, -0.15) is 4.31 Å². The number of carbonyl (C=O) groups is 2. The van der Waals surface area contributed by atoms with Gasteiger partial charge in [-0.05, 0) is 37.6 Å². The van der Waals surface area contributed by atoms with Crippen molar-refractivity contribution >= 4 is 31.7 Å². The lowest BCUT2D eigenvalue weighted by atomic mass is 10.2. The minimum atomic E-state index is -3.63. The van der Waals surface area contributed by atoms with Gasteiger partial charge in [0.25, 0.3) is 5.91 Å². The average molecular weight is 461 g/mol. The maximum atomic E-state index is 12.5. The number of ether oxygens (including phenoxy) is 1. The first-order valence-electron chi connectivity index (χ1n) is 9.82. The van der Waals surface area contributed by atoms with E-state index in [-0.39, 0.29) is 22.0 Å². The molecule has 0 radical (unpaired) electrons. The molecule has 9 nitrogen and oxygen atoms in total. The van der Waals surface area contributed by atoms with E-state index in [0.717, 1.165) is 0 Å². The van der Waals surface area contributed by atoms with Crippen molar-refractivity contribution in [2.24, 2.45) is 0 Å². The summed E-state index contributed by atoms with van der Waals surface area (Å²) in [5.74, 6) is -1.26. The van der Waals surface area contributed by atoms with Crippen LogP contribution in [0.4, 0.5) is 0 Å². The molecule has 2 rings (SSSR count). The summed E-state index contributed by atoms with van der Waals surface area (Å²) in [6.07, 6.45) is 0.373. The van der Waals surface area contributed by atoms with Crippen LogP contribution in [-0.2, 0) is 29.4 Å². The third-order valence-electron chi connectivity index (χ3n) is 5.07. The van der Waals surface area contributed by atoms with Crippen molar-refractivity contribution in [2.75, 3.05) is 37.7 Å². The molecule has 1 aliphatic heterocycles. The first-order chi connectivity index (χ1) is 14.1. The van der Waals surface area contributed by atoms with Gasteiger partial charge in [-0.1, -0.05) is 13.8 Å². The molecule has 1 aromatic rings. The van der Waals surface area contributed by atoms with Crippen molar-refractivity contribution in [3.8, 4) is 0 Å². The number of benzene rings is 1. The van der Waals surface area contributed by atoms with Crippen molar-refractivity contribution in [1.82, 2.24) is 9.21 Å². The Bertz CT molecular complexity index is 969. The van der Waals surface area contributed by atoms with Crippen LogP contribution >= 0.6 is 0 Å². The molecular formula is C19H28N2O7S2. The van der Waals surface area contributed by atoms with Crippen LogP contribution in [0.2, 0.25) is 0 Å². The van der Waals surface area contributed by atoms with E-state index in [1.165, 1.54) is 33.5 Å². The van der Waals surface area contributed by atoms with E-state index in [2.05, 4.69) is 0 Å². The number of rotatable bonds is 9. The molecule has 0 N–H and O–H groups in total. The van der Waals surface area contributed by atoms with Gasteiger partial charge < -0.3 is 9.64 Å². The highest BCUT2D eigenvalue weighted by Gasteiger charge is 2.34. The summed E-state index contributed by atoms with van der Waals surface area (Å²) in [6, 6.07) is 4.92. The quantitative estimate of drug-likeness (QED) is 0.503. The number of hydrogen-bond acceptors (Lipinski definition) is 7. The number of esters is 1. The highest BCUT2D eigenvalue weighted by molar-refractivity contribution is 7.91. The largest absolute Gasteiger partial charge is 0.452 e. The predicted octanol–water partition coefficient (Wildman–Crippen LogP) is 0.910. The first-order valence-corrected chi connectivity index (χ1v) is 13.1. The fourth-order valence-electron chi connectivity index (χ4n) is 3.43. The minimum absolute atomic E-state index is 0.0456. The summed E-state index contributed by atoms with van der Waals surface area (Å²) in [5, 5.41) is 0. The first kappa shape index (κ1) is 24.3. The molecule has 0 aliphatic carbocycles. The molecular weight excluding hydrogens is 432 g/mol. The molecule has 1 atom stereocenters. The summed E-state index contributed by atoms with van der Waals surface area (Å²) in [5.41, 5.74) is 0.118. The molecule has 0 aromatic heterocycles. The highest BCUT2D eigenvalue weighted by Crippen LogP contribution is 2.19. The SMILES string of the molecule is CCN(C(=O)COC(=O)c1ccc(S(=O)(=O)N(CC)CC)cc1)C1CCS(=O)(=O)C1. The zero-order valence-electron chi connectivity index (χ0n) is 17.4. The van der Waals surface area contributed by atoms with Crippen LogP contribution in [0.1, 0.15) is 37.6 Å². The van der Waals surface area contributed by atoms with Crippen molar-refractivity contribution in [1.29, 1.82) is 0 Å². The zero-order chi connectivity index (χ0) is 22.5. The normalized spacial score (nSPS) is 18.3. The Morgan fingerprint density at radius 3 is 2.13 bits per heavy atom. The van der Waals surface area contributed by atoms with Gasteiger partial charge in [-0.15, -0.1) is 0 Å². The molecule has 1 fully saturated rings. The van der Waals surface area contributed by atoms with Crippen molar-refractivity contribution in [3.63, 3.8) is 0 Å². The third-order valence-corrected chi connectivity index (χ3v) is 8.88. The number of nitrogens with zero attached hydrogens (tertiary/aromatic N) is 2. The molecule has 11 heteroatoms. The molecule has 1 aromatic carbocycles. The fraction of sp³-hybridized carbons (Fsp3) is 0.579. The third kappa shape index (κ3) is 5.58. The molecule has 1 heterocycles. The van der Waals surface area contributed by atoms with Gasteiger partial charge in [0.05, 0.1) is 22.0 Å². The molecule has 1 aliphatic rings. The van der Waals surface area contributed by atoms with E-state index in [1.54, 1.807) is 20.8 Å². The Morgan fingerprint density at radius 2 is 1.67 bits per heavy atom. The van der Waals surface area contributed by atoms with E-state index in [9.17, 15) is 26.4 Å². The predicted molar refractivity (Wildman–Crippen MR) is 111 cm³/mol. The lowest BCUT2D eigenvalue weighted by Gasteiger charge is -2.26. The van der Waals surface area contributed by atoms with Crippen molar-refractivity contribution < 1.29 is 31.2 Å². The number of hydrogen-bond donors (Lipinski definition) is 0. The number of carbonyl (C=O) groups excluding carboxylic acids is 2. The standard InChI is InChI=1S/C19H28N2O7S2/c1-4-20(5-2)30(26,27)17-9-7-15(8-10-17)19(23)28-13-18(22)21(6-3)16-11-12-29(24,25)14-16/h7-10,16H,4-6,11-14H2,1-3H3. The van der Waals surface area contributed by atoms with Gasteiger partial charge in [0.1, 0.15) is 0 Å². The van der Waals surface area contributed by atoms with E-state index in [0.29, 0.717) is 26.1 Å². The Labute approximate surface area is 178 Å². The van der Waals surface area contributed by atoms with Crippen molar-refractivity contribution in [2.45, 2.75) is 38.1 Å². The molecule has 1 amide bonds. The van der Waals surface area contributed by atoms with E-state index < -0.39 is 44.4 Å². The van der Waals surface area contributed by atoms with Crippen LogP contribution in [0.25, 0.3) is 0 Å². The Hall–Kier alpha value is -1.98. The van der Waals surface area contributed by atoms with E-state index in [1.807, 2.05) is 0 Å². The topological polar surface area (TPSA) is 118 Å². The lowest BCUT2D eigenvalue weighted by molar-refractivity contribution is -0.136. The second-order valence-electron chi connectivity index (χ2n) is 6.93. The summed E-state index contributed by atoms with van der Waals surface area (Å²) in [7, 11) is -6.77. The second-order valence-corrected chi connectivity index (χ2v) is 11.1. The summed E-state index contributed by atoms with van der Waals surface area (Å²) in [6.45, 7) is 5.69. The number of sulfone groups is 1. The Morgan fingerprint density at radius 1 is 1.07 bits per heavy atom. The zero-order valence-corrected chi connectivity index (χ0v) is 19.0. The fourth-order valence-corrected chi connectivity index (χ4v) is 6.62. The van der Waals surface area contributed by atoms with Gasteiger partial charge in [0.2, 0.25) is 10.0 Å². The van der Waals surface area contributed by atoms with Crippen LogP contribution < -0.4 is 0 Å². The minimum Gasteiger partial charge on any atom is -0.452 e. The average Bonchev–Trinajstić information content (AvgIpc) is 3.06. The van der Waals surface area contributed by atoms with Gasteiger partial charge in [-0.25, -0.2) is 21.6 Å². The lowest BCUT2D eigenvalue weighted by Crippen LogP contribution is -2.43. The van der Waals surface area contributed by atoms with Gasteiger partial charge in [0, 0.05) is 25.7 Å². The maximum Gasteiger partial charge on any atom is 0.338 e. The molecule has 0 saturated carbocycles. The molecule has 1 saturated heterocycles. The van der Waals surface area contributed by atoms with Gasteiger partial charge in [-0.3, -0.25) is 4.79 Å². The summed E-state index contributed by atoms with van der Waals surface area (Å²) in [4.78, 5) is 26.1. The smallest absolute Gasteiger partial charge is 0.338 e. The highest BCUT2D eigenvalue weighted by atomic mass is 32.2. The van der Waals surface area contributed by atoms with Gasteiger partial charge >= 0.3 is 5.97 Å². The molecule has 30 heavy (non-hydrogen) atoms. The van der Waals surface area contributed by atoms with Crippen molar-refractivity contribution in [3.05, 3.63) is 29.8 Å². The number of amides is 1. The number of likely N-dealkylation sites (N-methyl/N-ethyl adjacent to an activating group) is 1. The van der Waals surface area contributed by atoms with Crippen LogP contribution in [0, 0.1) is 0 Å². The molecule has 0 bridgehead atoms. The molecule has 1 unspecified atom stereocenters.